The van der Waals surface area contributed by atoms with E-state index in [1.54, 1.807) is 23.9 Å². The van der Waals surface area contributed by atoms with E-state index in [-0.39, 0.29) is 12.1 Å². The molecule has 6 nitrogen and oxygen atoms in total. The summed E-state index contributed by atoms with van der Waals surface area (Å²) in [5, 5.41) is 22.9. The SMILES string of the molecule is CCCc1cc(CC(=O)O)c(SC)c2c1c1ccccc1n2Cc1ccc([N+](=O)[O-])cc1. The Morgan fingerprint density at radius 1 is 1.12 bits per heavy atom. The van der Waals surface area contributed by atoms with Crippen LogP contribution in [0.15, 0.2) is 59.5 Å². The van der Waals surface area contributed by atoms with Gasteiger partial charge in [-0.3, -0.25) is 14.9 Å². The first-order chi connectivity index (χ1) is 15.4. The number of thioether (sulfide) groups is 1. The number of nitro benzene ring substituents is 1. The van der Waals surface area contributed by atoms with Crippen molar-refractivity contribution in [1.82, 2.24) is 4.57 Å². The number of benzene rings is 3. The van der Waals surface area contributed by atoms with Gasteiger partial charge in [-0.2, -0.15) is 0 Å². The van der Waals surface area contributed by atoms with Crippen molar-refractivity contribution in [3.05, 3.63) is 81.4 Å². The molecule has 0 bridgehead atoms. The lowest BCUT2D eigenvalue weighted by Gasteiger charge is -2.15. The molecule has 3 aromatic carbocycles. The summed E-state index contributed by atoms with van der Waals surface area (Å²) in [4.78, 5) is 23.2. The van der Waals surface area contributed by atoms with Crippen LogP contribution in [0.1, 0.15) is 30.0 Å². The van der Waals surface area contributed by atoms with E-state index in [1.165, 1.54) is 17.5 Å². The maximum absolute atomic E-state index is 11.6. The van der Waals surface area contributed by atoms with Crippen LogP contribution in [-0.4, -0.2) is 26.8 Å². The Hall–Kier alpha value is -3.32. The number of non-ortho nitro benzene ring substituents is 1. The van der Waals surface area contributed by atoms with Crippen LogP contribution in [0.25, 0.3) is 21.8 Å². The number of para-hydroxylation sites is 1. The minimum Gasteiger partial charge on any atom is -0.481 e. The number of carboxylic acids is 1. The number of carbonyl (C=O) groups is 1. The molecule has 32 heavy (non-hydrogen) atoms. The number of nitrogens with zero attached hydrogens (tertiary/aromatic N) is 2. The third-order valence-corrected chi connectivity index (χ3v) is 6.56. The Morgan fingerprint density at radius 2 is 1.84 bits per heavy atom. The van der Waals surface area contributed by atoms with Crippen LogP contribution in [0.2, 0.25) is 0 Å². The minimum atomic E-state index is -0.847. The monoisotopic (exact) mass is 448 g/mol. The van der Waals surface area contributed by atoms with Gasteiger partial charge < -0.3 is 9.67 Å². The summed E-state index contributed by atoms with van der Waals surface area (Å²) in [7, 11) is 0. The van der Waals surface area contributed by atoms with Crippen LogP contribution >= 0.6 is 11.8 Å². The van der Waals surface area contributed by atoms with Crippen molar-refractivity contribution in [3.63, 3.8) is 0 Å². The smallest absolute Gasteiger partial charge is 0.307 e. The Bertz CT molecular complexity index is 1330. The molecule has 0 spiro atoms. The van der Waals surface area contributed by atoms with Crippen LogP contribution in [-0.2, 0) is 24.2 Å². The largest absolute Gasteiger partial charge is 0.481 e. The number of hydrogen-bond acceptors (Lipinski definition) is 4. The van der Waals surface area contributed by atoms with Crippen LogP contribution in [0.4, 0.5) is 5.69 Å². The van der Waals surface area contributed by atoms with E-state index in [9.17, 15) is 20.0 Å². The molecule has 1 aromatic heterocycles. The van der Waals surface area contributed by atoms with Gasteiger partial charge in [0.2, 0.25) is 0 Å². The van der Waals surface area contributed by atoms with Gasteiger partial charge in [0.25, 0.3) is 5.69 Å². The van der Waals surface area contributed by atoms with Gasteiger partial charge in [0.1, 0.15) is 0 Å². The molecule has 1 N–H and O–H groups in total. The highest BCUT2D eigenvalue weighted by Gasteiger charge is 2.21. The molecule has 0 saturated carbocycles. The summed E-state index contributed by atoms with van der Waals surface area (Å²) >= 11 is 1.57. The molecular weight excluding hydrogens is 424 g/mol. The average Bonchev–Trinajstić information content (AvgIpc) is 3.09. The van der Waals surface area contributed by atoms with Crippen LogP contribution in [0.3, 0.4) is 0 Å². The summed E-state index contributed by atoms with van der Waals surface area (Å²) in [6.45, 7) is 2.67. The van der Waals surface area contributed by atoms with Crippen molar-refractivity contribution in [2.24, 2.45) is 0 Å². The number of fused-ring (bicyclic) bond motifs is 3. The maximum Gasteiger partial charge on any atom is 0.307 e. The molecule has 164 valence electrons. The highest BCUT2D eigenvalue weighted by Crippen LogP contribution is 2.40. The summed E-state index contributed by atoms with van der Waals surface area (Å²) in [6.07, 6.45) is 3.78. The number of aromatic nitrogens is 1. The molecule has 0 amide bonds. The fourth-order valence-corrected chi connectivity index (χ4v) is 5.22. The molecule has 4 aromatic rings. The number of carboxylic acid groups (broad SMARTS) is 1. The van der Waals surface area contributed by atoms with Gasteiger partial charge >= 0.3 is 5.97 Å². The van der Waals surface area contributed by atoms with Gasteiger partial charge in [-0.1, -0.05) is 49.7 Å². The summed E-state index contributed by atoms with van der Waals surface area (Å²) in [5.41, 5.74) is 5.12. The quantitative estimate of drug-likeness (QED) is 0.201. The zero-order valence-electron chi connectivity index (χ0n) is 18.0. The zero-order valence-corrected chi connectivity index (χ0v) is 18.8. The molecule has 0 saturated heterocycles. The Labute approximate surface area is 190 Å². The van der Waals surface area contributed by atoms with E-state index in [2.05, 4.69) is 29.7 Å². The Morgan fingerprint density at radius 3 is 2.47 bits per heavy atom. The van der Waals surface area contributed by atoms with E-state index < -0.39 is 10.9 Å². The molecule has 0 aliphatic rings. The molecule has 1 heterocycles. The van der Waals surface area contributed by atoms with Gasteiger partial charge in [0.05, 0.1) is 16.9 Å². The van der Waals surface area contributed by atoms with E-state index in [0.717, 1.165) is 50.8 Å². The van der Waals surface area contributed by atoms with Crippen molar-refractivity contribution in [3.8, 4) is 0 Å². The van der Waals surface area contributed by atoms with Gasteiger partial charge in [0.15, 0.2) is 0 Å². The lowest BCUT2D eigenvalue weighted by molar-refractivity contribution is -0.384. The number of aryl methyl sites for hydroxylation is 1. The van der Waals surface area contributed by atoms with Crippen molar-refractivity contribution in [2.45, 2.75) is 37.6 Å². The molecular formula is C25H24N2O4S. The van der Waals surface area contributed by atoms with E-state index in [1.807, 2.05) is 18.4 Å². The topological polar surface area (TPSA) is 85.4 Å². The van der Waals surface area contributed by atoms with Gasteiger partial charge in [-0.15, -0.1) is 11.8 Å². The highest BCUT2D eigenvalue weighted by atomic mass is 32.2. The molecule has 0 aliphatic heterocycles. The first kappa shape index (κ1) is 21.9. The standard InChI is InChI=1S/C25H24N2O4S/c1-3-6-17-13-18(14-22(28)29)25(32-2)24-23(17)20-7-4-5-8-21(20)26(24)15-16-9-11-19(12-10-16)27(30)31/h4-5,7-13H,3,6,14-15H2,1-2H3,(H,28,29). The lowest BCUT2D eigenvalue weighted by Crippen LogP contribution is -2.06. The summed E-state index contributed by atoms with van der Waals surface area (Å²) in [5.74, 6) is -0.847. The molecule has 0 atom stereocenters. The second-order valence-corrected chi connectivity index (χ2v) is 8.62. The predicted molar refractivity (Wildman–Crippen MR) is 129 cm³/mol. The van der Waals surface area contributed by atoms with Gasteiger partial charge in [-0.05, 0) is 35.4 Å². The van der Waals surface area contributed by atoms with E-state index in [0.29, 0.717) is 6.54 Å². The van der Waals surface area contributed by atoms with Crippen LogP contribution < -0.4 is 0 Å². The van der Waals surface area contributed by atoms with Crippen molar-refractivity contribution < 1.29 is 14.8 Å². The number of aliphatic carboxylic acids is 1. The average molecular weight is 449 g/mol. The highest BCUT2D eigenvalue weighted by molar-refractivity contribution is 7.98. The van der Waals surface area contributed by atoms with E-state index >= 15 is 0 Å². The number of nitro groups is 1. The molecule has 4 rings (SSSR count). The third kappa shape index (κ3) is 3.96. The maximum atomic E-state index is 11.6. The summed E-state index contributed by atoms with van der Waals surface area (Å²) in [6, 6.07) is 16.9. The fraction of sp³-hybridized carbons (Fsp3) is 0.240. The lowest BCUT2D eigenvalue weighted by atomic mass is 9.98. The normalized spacial score (nSPS) is 11.3. The first-order valence-electron chi connectivity index (χ1n) is 10.5. The van der Waals surface area contributed by atoms with Crippen molar-refractivity contribution >= 4 is 45.2 Å². The van der Waals surface area contributed by atoms with Crippen molar-refractivity contribution in [1.29, 1.82) is 0 Å². The van der Waals surface area contributed by atoms with Crippen LogP contribution in [0, 0.1) is 10.1 Å². The third-order valence-electron chi connectivity index (χ3n) is 5.70. The Balaban J connectivity index is 2.02. The van der Waals surface area contributed by atoms with E-state index in [4.69, 9.17) is 0 Å². The summed E-state index contributed by atoms with van der Waals surface area (Å²) < 4.78 is 2.22. The second kappa shape index (κ2) is 9.04. The van der Waals surface area contributed by atoms with Gasteiger partial charge in [0, 0.05) is 39.9 Å². The number of hydrogen-bond donors (Lipinski definition) is 1. The Kier molecular flexibility index (Phi) is 6.19. The second-order valence-electron chi connectivity index (χ2n) is 7.80. The molecule has 0 radical (unpaired) electrons. The minimum absolute atomic E-state index is 0.0259. The molecule has 0 fully saturated rings. The zero-order chi connectivity index (χ0) is 22.8. The molecule has 0 aliphatic carbocycles. The fourth-order valence-electron chi connectivity index (χ4n) is 4.42. The van der Waals surface area contributed by atoms with Gasteiger partial charge in [-0.25, -0.2) is 0 Å². The molecule has 0 unspecified atom stereocenters. The van der Waals surface area contributed by atoms with Crippen molar-refractivity contribution in [2.75, 3.05) is 6.26 Å². The first-order valence-corrected chi connectivity index (χ1v) is 11.7. The predicted octanol–water partition coefficient (Wildman–Crippen LogP) is 6.05. The number of rotatable bonds is 8. The van der Waals surface area contributed by atoms with Crippen LogP contribution in [0.5, 0.6) is 0 Å². The molecule has 7 heteroatoms.